The molecule has 0 aromatic rings. The highest BCUT2D eigenvalue weighted by Crippen LogP contribution is 2.21. The molecule has 0 saturated heterocycles. The Morgan fingerprint density at radius 2 is 1.53 bits per heavy atom. The van der Waals surface area contributed by atoms with Crippen molar-refractivity contribution in [1.82, 2.24) is 16.0 Å². The molecule has 0 aromatic carbocycles. The Labute approximate surface area is 107 Å². The van der Waals surface area contributed by atoms with Gasteiger partial charge in [-0.2, -0.15) is 0 Å². The van der Waals surface area contributed by atoms with Gasteiger partial charge in [-0.05, 0) is 61.7 Å². The van der Waals surface area contributed by atoms with E-state index in [0.717, 1.165) is 12.8 Å². The van der Waals surface area contributed by atoms with Crippen molar-refractivity contribution in [3.8, 4) is 0 Å². The van der Waals surface area contributed by atoms with Crippen molar-refractivity contribution in [1.29, 1.82) is 0 Å². The number of rotatable bonds is 8. The smallest absolute Gasteiger partial charge is 0.0606 e. The van der Waals surface area contributed by atoms with Crippen molar-refractivity contribution in [3.05, 3.63) is 0 Å². The minimum Gasteiger partial charge on any atom is -0.390 e. The van der Waals surface area contributed by atoms with E-state index in [2.05, 4.69) is 29.8 Å². The molecule has 4 nitrogen and oxygen atoms in total. The van der Waals surface area contributed by atoms with E-state index < -0.39 is 5.60 Å². The largest absolute Gasteiger partial charge is 0.390 e. The maximum atomic E-state index is 9.91. The van der Waals surface area contributed by atoms with Crippen LogP contribution in [0.1, 0.15) is 40.5 Å². The summed E-state index contributed by atoms with van der Waals surface area (Å²) in [6.45, 7) is 8.10. The molecule has 4 heteroatoms. The van der Waals surface area contributed by atoms with Crippen molar-refractivity contribution in [2.45, 2.75) is 63.8 Å². The molecule has 0 bridgehead atoms. The van der Waals surface area contributed by atoms with Crippen LogP contribution in [-0.2, 0) is 0 Å². The zero-order chi connectivity index (χ0) is 13.7. The van der Waals surface area contributed by atoms with Gasteiger partial charge in [-0.3, -0.25) is 0 Å². The molecule has 0 amide bonds. The summed E-state index contributed by atoms with van der Waals surface area (Å²) in [6, 6.07) is 0.661. The number of hydrogen-bond donors (Lipinski definition) is 4. The molecule has 0 aliphatic carbocycles. The standard InChI is InChI=1S/C13H31N3O/c1-10(14-5)13(4,16-7)9-11(15-6)8-12(2,3)17/h10-11,14-17H,8-9H2,1-7H3. The highest BCUT2D eigenvalue weighted by atomic mass is 16.3. The highest BCUT2D eigenvalue weighted by molar-refractivity contribution is 4.95. The Bertz CT molecular complexity index is 215. The zero-order valence-corrected chi connectivity index (χ0v) is 12.5. The average molecular weight is 245 g/mol. The number of nitrogens with one attached hydrogen (secondary N) is 3. The number of likely N-dealkylation sites (N-methyl/N-ethyl adjacent to an activating group) is 2. The summed E-state index contributed by atoms with van der Waals surface area (Å²) in [5.41, 5.74) is -0.626. The van der Waals surface area contributed by atoms with Crippen molar-refractivity contribution < 1.29 is 5.11 Å². The summed E-state index contributed by atoms with van der Waals surface area (Å²) in [5.74, 6) is 0. The van der Waals surface area contributed by atoms with Crippen molar-refractivity contribution in [2.75, 3.05) is 21.1 Å². The van der Waals surface area contributed by atoms with E-state index in [1.165, 1.54) is 0 Å². The van der Waals surface area contributed by atoms with E-state index >= 15 is 0 Å². The molecule has 0 saturated carbocycles. The molecule has 3 unspecified atom stereocenters. The molecule has 17 heavy (non-hydrogen) atoms. The van der Waals surface area contributed by atoms with E-state index in [0.29, 0.717) is 12.1 Å². The summed E-state index contributed by atoms with van der Waals surface area (Å²) < 4.78 is 0. The third kappa shape index (κ3) is 5.82. The fourth-order valence-corrected chi connectivity index (χ4v) is 2.21. The van der Waals surface area contributed by atoms with E-state index in [9.17, 15) is 5.11 Å². The molecule has 0 aromatic heterocycles. The second-order valence-electron chi connectivity index (χ2n) is 5.88. The first-order valence-electron chi connectivity index (χ1n) is 6.44. The van der Waals surface area contributed by atoms with Crippen molar-refractivity contribution in [3.63, 3.8) is 0 Å². The van der Waals surface area contributed by atoms with Crippen LogP contribution in [0.2, 0.25) is 0 Å². The van der Waals surface area contributed by atoms with Crippen LogP contribution in [0.15, 0.2) is 0 Å². The molecule has 3 atom stereocenters. The van der Waals surface area contributed by atoms with E-state index in [-0.39, 0.29) is 5.54 Å². The molecule has 0 rings (SSSR count). The summed E-state index contributed by atoms with van der Waals surface area (Å²) in [5, 5.41) is 19.9. The van der Waals surface area contributed by atoms with Crippen LogP contribution in [0.25, 0.3) is 0 Å². The first-order valence-corrected chi connectivity index (χ1v) is 6.44. The minimum atomic E-state index is -0.634. The second kappa shape index (κ2) is 6.69. The van der Waals surface area contributed by atoms with Gasteiger partial charge in [0.1, 0.15) is 0 Å². The Morgan fingerprint density at radius 1 is 1.00 bits per heavy atom. The molecule has 0 heterocycles. The first-order chi connectivity index (χ1) is 7.68. The molecule has 0 aliphatic heterocycles. The lowest BCUT2D eigenvalue weighted by Crippen LogP contribution is -2.57. The molecular formula is C13H31N3O. The Morgan fingerprint density at radius 3 is 1.82 bits per heavy atom. The molecule has 0 radical (unpaired) electrons. The van der Waals surface area contributed by atoms with Gasteiger partial charge in [-0.15, -0.1) is 0 Å². The Balaban J connectivity index is 4.62. The minimum absolute atomic E-state index is 0.00762. The average Bonchev–Trinajstić information content (AvgIpc) is 2.24. The third-order valence-electron chi connectivity index (χ3n) is 3.78. The predicted octanol–water partition coefficient (Wildman–Crippen LogP) is 0.712. The first kappa shape index (κ1) is 16.8. The molecule has 104 valence electrons. The van der Waals surface area contributed by atoms with Crippen LogP contribution in [0.5, 0.6) is 0 Å². The second-order valence-corrected chi connectivity index (χ2v) is 5.88. The lowest BCUT2D eigenvalue weighted by Gasteiger charge is -2.39. The van der Waals surface area contributed by atoms with Gasteiger partial charge in [0.05, 0.1) is 5.60 Å². The van der Waals surface area contributed by atoms with Gasteiger partial charge in [0.15, 0.2) is 0 Å². The van der Waals surface area contributed by atoms with Gasteiger partial charge in [-0.1, -0.05) is 0 Å². The van der Waals surface area contributed by atoms with Crippen LogP contribution < -0.4 is 16.0 Å². The molecule has 0 spiro atoms. The Kier molecular flexibility index (Phi) is 6.62. The van der Waals surface area contributed by atoms with E-state index in [1.807, 2.05) is 35.0 Å². The summed E-state index contributed by atoms with van der Waals surface area (Å²) in [6.07, 6.45) is 1.71. The topological polar surface area (TPSA) is 56.3 Å². The van der Waals surface area contributed by atoms with Crippen LogP contribution in [0.3, 0.4) is 0 Å². The van der Waals surface area contributed by atoms with E-state index in [1.54, 1.807) is 0 Å². The van der Waals surface area contributed by atoms with Gasteiger partial charge < -0.3 is 21.1 Å². The molecular weight excluding hydrogens is 214 g/mol. The van der Waals surface area contributed by atoms with E-state index in [4.69, 9.17) is 0 Å². The highest BCUT2D eigenvalue weighted by Gasteiger charge is 2.32. The normalized spacial score (nSPS) is 19.8. The quantitative estimate of drug-likeness (QED) is 0.509. The van der Waals surface area contributed by atoms with Crippen LogP contribution in [0, 0.1) is 0 Å². The fraction of sp³-hybridized carbons (Fsp3) is 1.00. The zero-order valence-electron chi connectivity index (χ0n) is 12.5. The van der Waals surface area contributed by atoms with Gasteiger partial charge >= 0.3 is 0 Å². The number of aliphatic hydroxyl groups is 1. The van der Waals surface area contributed by atoms with Gasteiger partial charge in [-0.25, -0.2) is 0 Å². The number of hydrogen-bond acceptors (Lipinski definition) is 4. The lowest BCUT2D eigenvalue weighted by atomic mass is 9.83. The maximum Gasteiger partial charge on any atom is 0.0606 e. The van der Waals surface area contributed by atoms with Crippen molar-refractivity contribution >= 4 is 0 Å². The summed E-state index contributed by atoms with van der Waals surface area (Å²) in [7, 11) is 5.92. The SMILES string of the molecule is CNC(CC(C)(C)O)CC(C)(NC)C(C)NC. The molecule has 4 N–H and O–H groups in total. The summed E-state index contributed by atoms with van der Waals surface area (Å²) >= 11 is 0. The van der Waals surface area contributed by atoms with Crippen LogP contribution in [0.4, 0.5) is 0 Å². The fourth-order valence-electron chi connectivity index (χ4n) is 2.21. The lowest BCUT2D eigenvalue weighted by molar-refractivity contribution is 0.0539. The van der Waals surface area contributed by atoms with Crippen LogP contribution in [-0.4, -0.2) is 49.5 Å². The Hall–Kier alpha value is -0.160. The van der Waals surface area contributed by atoms with Gasteiger partial charge in [0.25, 0.3) is 0 Å². The molecule has 0 fully saturated rings. The van der Waals surface area contributed by atoms with Gasteiger partial charge in [0, 0.05) is 17.6 Å². The van der Waals surface area contributed by atoms with Crippen molar-refractivity contribution in [2.24, 2.45) is 0 Å². The molecule has 0 aliphatic rings. The maximum absolute atomic E-state index is 9.91. The van der Waals surface area contributed by atoms with Crippen LogP contribution >= 0.6 is 0 Å². The monoisotopic (exact) mass is 245 g/mol. The summed E-state index contributed by atoms with van der Waals surface area (Å²) in [4.78, 5) is 0. The van der Waals surface area contributed by atoms with Gasteiger partial charge in [0.2, 0.25) is 0 Å². The third-order valence-corrected chi connectivity index (χ3v) is 3.78. The predicted molar refractivity (Wildman–Crippen MR) is 74.4 cm³/mol.